The number of hydrogen-bond donors (Lipinski definition) is 1. The van der Waals surface area contributed by atoms with E-state index < -0.39 is 15.9 Å². The Bertz CT molecular complexity index is 1020. The molecule has 9 heteroatoms. The van der Waals surface area contributed by atoms with Gasteiger partial charge in [0.1, 0.15) is 16.4 Å². The van der Waals surface area contributed by atoms with E-state index in [-0.39, 0.29) is 16.2 Å². The Morgan fingerprint density at radius 2 is 1.60 bits per heavy atom. The molecule has 30 heavy (non-hydrogen) atoms. The van der Waals surface area contributed by atoms with E-state index >= 15 is 0 Å². The van der Waals surface area contributed by atoms with Gasteiger partial charge in [-0.25, -0.2) is 8.42 Å². The standard InChI is InChI=1S/C21H25ClN2O5S/c1-28-18-10-8-16(22)14-17(18)23-21(25)15-7-9-19(29-2)20(13-15)30(26,27)24-11-5-3-4-6-12-24/h7-10,13-14H,3-6,11-12H2,1-2H3,(H,23,25). The highest BCUT2D eigenvalue weighted by Gasteiger charge is 2.29. The van der Waals surface area contributed by atoms with Crippen LogP contribution in [0.3, 0.4) is 0 Å². The van der Waals surface area contributed by atoms with Crippen molar-refractivity contribution in [3.63, 3.8) is 0 Å². The minimum absolute atomic E-state index is 0.0161. The number of sulfonamides is 1. The second kappa shape index (κ2) is 9.68. The van der Waals surface area contributed by atoms with Crippen LogP contribution in [0.25, 0.3) is 0 Å². The predicted molar refractivity (Wildman–Crippen MR) is 116 cm³/mol. The first-order valence-corrected chi connectivity index (χ1v) is 11.5. The third-order valence-corrected chi connectivity index (χ3v) is 7.17. The van der Waals surface area contributed by atoms with Gasteiger partial charge in [-0.2, -0.15) is 4.31 Å². The molecule has 1 amide bonds. The zero-order valence-corrected chi connectivity index (χ0v) is 18.6. The predicted octanol–water partition coefficient (Wildman–Crippen LogP) is 4.17. The molecule has 3 rings (SSSR count). The van der Waals surface area contributed by atoms with E-state index in [4.69, 9.17) is 21.1 Å². The maximum absolute atomic E-state index is 13.3. The molecule has 2 aromatic rings. The van der Waals surface area contributed by atoms with Crippen LogP contribution in [-0.2, 0) is 10.0 Å². The van der Waals surface area contributed by atoms with Crippen LogP contribution in [0.1, 0.15) is 36.0 Å². The lowest BCUT2D eigenvalue weighted by atomic mass is 10.2. The highest BCUT2D eigenvalue weighted by atomic mass is 35.5. The van der Waals surface area contributed by atoms with Crippen LogP contribution < -0.4 is 14.8 Å². The van der Waals surface area contributed by atoms with Crippen molar-refractivity contribution in [2.45, 2.75) is 30.6 Å². The lowest BCUT2D eigenvalue weighted by Gasteiger charge is -2.21. The molecule has 1 aliphatic heterocycles. The molecule has 1 saturated heterocycles. The Kier molecular flexibility index (Phi) is 7.23. The Morgan fingerprint density at radius 3 is 2.23 bits per heavy atom. The monoisotopic (exact) mass is 452 g/mol. The number of nitrogens with zero attached hydrogens (tertiary/aromatic N) is 1. The van der Waals surface area contributed by atoms with Crippen molar-refractivity contribution >= 4 is 33.2 Å². The fourth-order valence-electron chi connectivity index (χ4n) is 3.41. The van der Waals surface area contributed by atoms with E-state index in [0.29, 0.717) is 29.5 Å². The number of rotatable bonds is 6. The second-order valence-electron chi connectivity index (χ2n) is 6.98. The molecule has 1 heterocycles. The minimum Gasteiger partial charge on any atom is -0.495 e. The van der Waals surface area contributed by atoms with E-state index in [9.17, 15) is 13.2 Å². The summed E-state index contributed by atoms with van der Waals surface area (Å²) < 4.78 is 38.6. The summed E-state index contributed by atoms with van der Waals surface area (Å²) in [4.78, 5) is 12.8. The number of benzene rings is 2. The SMILES string of the molecule is COc1ccc(Cl)cc1NC(=O)c1ccc(OC)c(S(=O)(=O)N2CCCCCC2)c1. The number of nitrogens with one attached hydrogen (secondary N) is 1. The van der Waals surface area contributed by atoms with Gasteiger partial charge >= 0.3 is 0 Å². The topological polar surface area (TPSA) is 84.9 Å². The van der Waals surface area contributed by atoms with E-state index in [2.05, 4.69) is 5.32 Å². The molecular weight excluding hydrogens is 428 g/mol. The number of hydrogen-bond acceptors (Lipinski definition) is 5. The van der Waals surface area contributed by atoms with Gasteiger partial charge in [-0.05, 0) is 49.2 Å². The van der Waals surface area contributed by atoms with Crippen molar-refractivity contribution in [1.82, 2.24) is 4.31 Å². The summed E-state index contributed by atoms with van der Waals surface area (Å²) in [5.41, 5.74) is 0.578. The fraction of sp³-hybridized carbons (Fsp3) is 0.381. The number of carbonyl (C=O) groups excluding carboxylic acids is 1. The van der Waals surface area contributed by atoms with Crippen LogP contribution in [0.4, 0.5) is 5.69 Å². The largest absolute Gasteiger partial charge is 0.495 e. The summed E-state index contributed by atoms with van der Waals surface area (Å²) >= 11 is 6.02. The fourth-order valence-corrected chi connectivity index (χ4v) is 5.28. The molecule has 1 aliphatic rings. The molecule has 2 aromatic carbocycles. The minimum atomic E-state index is -3.79. The van der Waals surface area contributed by atoms with Crippen LogP contribution >= 0.6 is 11.6 Å². The highest BCUT2D eigenvalue weighted by Crippen LogP contribution is 2.31. The zero-order chi connectivity index (χ0) is 21.7. The van der Waals surface area contributed by atoms with Gasteiger partial charge in [-0.1, -0.05) is 24.4 Å². The summed E-state index contributed by atoms with van der Waals surface area (Å²) in [5.74, 6) is 0.167. The van der Waals surface area contributed by atoms with Crippen molar-refractivity contribution in [2.24, 2.45) is 0 Å². The number of methoxy groups -OCH3 is 2. The van der Waals surface area contributed by atoms with Gasteiger partial charge in [-0.3, -0.25) is 4.79 Å². The molecule has 1 N–H and O–H groups in total. The van der Waals surface area contributed by atoms with Gasteiger partial charge in [0, 0.05) is 23.7 Å². The third-order valence-electron chi connectivity index (χ3n) is 5.02. The average Bonchev–Trinajstić information content (AvgIpc) is 3.03. The Hall–Kier alpha value is -2.29. The Labute approximate surface area is 182 Å². The summed E-state index contributed by atoms with van der Waals surface area (Å²) in [7, 11) is -0.900. The maximum Gasteiger partial charge on any atom is 0.255 e. The van der Waals surface area contributed by atoms with Gasteiger partial charge in [0.05, 0.1) is 19.9 Å². The van der Waals surface area contributed by atoms with Crippen LogP contribution in [0.2, 0.25) is 5.02 Å². The van der Waals surface area contributed by atoms with Crippen LogP contribution in [0, 0.1) is 0 Å². The van der Waals surface area contributed by atoms with E-state index in [1.165, 1.54) is 36.7 Å². The molecule has 0 radical (unpaired) electrons. The highest BCUT2D eigenvalue weighted by molar-refractivity contribution is 7.89. The molecule has 1 fully saturated rings. The van der Waals surface area contributed by atoms with Gasteiger partial charge < -0.3 is 14.8 Å². The third kappa shape index (κ3) is 4.88. The Balaban J connectivity index is 1.94. The zero-order valence-electron chi connectivity index (χ0n) is 17.0. The van der Waals surface area contributed by atoms with Gasteiger partial charge in [0.15, 0.2) is 0 Å². The van der Waals surface area contributed by atoms with Crippen molar-refractivity contribution in [3.05, 3.63) is 47.0 Å². The normalized spacial score (nSPS) is 15.3. The lowest BCUT2D eigenvalue weighted by Crippen LogP contribution is -2.32. The smallest absolute Gasteiger partial charge is 0.255 e. The molecule has 7 nitrogen and oxygen atoms in total. The summed E-state index contributed by atoms with van der Waals surface area (Å²) in [5, 5.41) is 3.16. The molecule has 0 aliphatic carbocycles. The van der Waals surface area contributed by atoms with Gasteiger partial charge in [-0.15, -0.1) is 0 Å². The lowest BCUT2D eigenvalue weighted by molar-refractivity contribution is 0.102. The first-order chi connectivity index (χ1) is 14.4. The number of ether oxygens (including phenoxy) is 2. The maximum atomic E-state index is 13.3. The summed E-state index contributed by atoms with van der Waals surface area (Å²) in [6.45, 7) is 0.920. The van der Waals surface area contributed by atoms with Gasteiger partial charge in [0.25, 0.3) is 5.91 Å². The quantitative estimate of drug-likeness (QED) is 0.710. The van der Waals surface area contributed by atoms with Crippen molar-refractivity contribution in [1.29, 1.82) is 0 Å². The van der Waals surface area contributed by atoms with E-state index in [1.54, 1.807) is 18.2 Å². The molecule has 0 unspecified atom stereocenters. The number of anilines is 1. The van der Waals surface area contributed by atoms with Crippen molar-refractivity contribution in [2.75, 3.05) is 32.6 Å². The molecule has 0 atom stereocenters. The van der Waals surface area contributed by atoms with Crippen LogP contribution in [0.5, 0.6) is 11.5 Å². The molecule has 0 bridgehead atoms. The van der Waals surface area contributed by atoms with Crippen molar-refractivity contribution < 1.29 is 22.7 Å². The average molecular weight is 453 g/mol. The second-order valence-corrected chi connectivity index (χ2v) is 9.33. The molecule has 0 spiro atoms. The summed E-state index contributed by atoms with van der Waals surface area (Å²) in [6, 6.07) is 9.22. The summed E-state index contributed by atoms with van der Waals surface area (Å²) in [6.07, 6.45) is 3.65. The first kappa shape index (κ1) is 22.4. The van der Waals surface area contributed by atoms with Crippen LogP contribution in [-0.4, -0.2) is 45.9 Å². The van der Waals surface area contributed by atoms with Crippen molar-refractivity contribution in [3.8, 4) is 11.5 Å². The first-order valence-electron chi connectivity index (χ1n) is 9.70. The Morgan fingerprint density at radius 1 is 0.967 bits per heavy atom. The van der Waals surface area contributed by atoms with E-state index in [1.807, 2.05) is 0 Å². The molecular formula is C21H25ClN2O5S. The molecule has 0 saturated carbocycles. The number of halogens is 1. The number of amides is 1. The number of carbonyl (C=O) groups is 1. The van der Waals surface area contributed by atoms with E-state index in [0.717, 1.165) is 25.7 Å². The van der Waals surface area contributed by atoms with Gasteiger partial charge in [0.2, 0.25) is 10.0 Å². The van der Waals surface area contributed by atoms with Crippen LogP contribution in [0.15, 0.2) is 41.3 Å². The molecule has 0 aromatic heterocycles. The molecule has 162 valence electrons.